The molecule has 2 aromatic carbocycles. The molecule has 3 nitrogen and oxygen atoms in total. The minimum atomic E-state index is -0.0145. The van der Waals surface area contributed by atoms with E-state index in [-0.39, 0.29) is 11.9 Å². The van der Waals surface area contributed by atoms with Crippen LogP contribution in [0.4, 0.5) is 5.69 Å². The molecule has 2 rings (SSSR count). The number of benzene rings is 2. The van der Waals surface area contributed by atoms with Gasteiger partial charge in [-0.3, -0.25) is 4.79 Å². The summed E-state index contributed by atoms with van der Waals surface area (Å²) in [6, 6.07) is 13.7. The van der Waals surface area contributed by atoms with Gasteiger partial charge in [-0.25, -0.2) is 0 Å². The molecule has 2 aromatic rings. The van der Waals surface area contributed by atoms with Crippen molar-refractivity contribution in [3.8, 4) is 0 Å². The largest absolute Gasteiger partial charge is 0.333 e. The number of carbonyl (C=O) groups is 1. The highest BCUT2D eigenvalue weighted by atomic mass is 79.9. The molecule has 116 valence electrons. The van der Waals surface area contributed by atoms with Gasteiger partial charge in [0.1, 0.15) is 6.04 Å². The van der Waals surface area contributed by atoms with Crippen LogP contribution in [-0.2, 0) is 4.79 Å². The summed E-state index contributed by atoms with van der Waals surface area (Å²) in [6.07, 6.45) is 0. The second-order valence-corrected chi connectivity index (χ2v) is 6.64. The number of hydrogen-bond acceptors (Lipinski definition) is 1. The fourth-order valence-corrected chi connectivity index (χ4v) is 2.85. The van der Waals surface area contributed by atoms with Gasteiger partial charge in [0.25, 0.3) is 5.91 Å². The zero-order valence-corrected chi connectivity index (χ0v) is 14.9. The van der Waals surface area contributed by atoms with E-state index < -0.39 is 0 Å². The Hall–Kier alpha value is -1.36. The van der Waals surface area contributed by atoms with Crippen molar-refractivity contribution in [1.29, 1.82) is 0 Å². The lowest BCUT2D eigenvalue weighted by Crippen LogP contribution is -2.86. The first-order valence-corrected chi connectivity index (χ1v) is 8.27. The van der Waals surface area contributed by atoms with Crippen LogP contribution in [0, 0.1) is 6.92 Å². The Balaban J connectivity index is 1.90. The predicted molar refractivity (Wildman–Crippen MR) is 94.2 cm³/mol. The number of nitrogens with two attached hydrogens (primary N) is 1. The summed E-state index contributed by atoms with van der Waals surface area (Å²) in [6.45, 7) is 4.39. The molecule has 0 radical (unpaired) electrons. The van der Waals surface area contributed by atoms with E-state index in [4.69, 9.17) is 11.6 Å². The number of anilines is 1. The molecule has 0 heterocycles. The van der Waals surface area contributed by atoms with Crippen LogP contribution in [0.2, 0.25) is 5.02 Å². The Bertz CT molecular complexity index is 675. The smallest absolute Gasteiger partial charge is 0.279 e. The molecule has 0 unspecified atom stereocenters. The highest BCUT2D eigenvalue weighted by molar-refractivity contribution is 9.10. The van der Waals surface area contributed by atoms with Crippen LogP contribution in [-0.4, -0.2) is 12.5 Å². The lowest BCUT2D eigenvalue weighted by Gasteiger charge is -2.12. The Kier molecular flexibility index (Phi) is 6.00. The number of carbonyl (C=O) groups excluding carboxylic acids is 1. The van der Waals surface area contributed by atoms with Gasteiger partial charge < -0.3 is 10.6 Å². The summed E-state index contributed by atoms with van der Waals surface area (Å²) in [5.41, 5.74) is 2.99. The van der Waals surface area contributed by atoms with Crippen LogP contribution < -0.4 is 10.6 Å². The van der Waals surface area contributed by atoms with Gasteiger partial charge in [0.15, 0.2) is 6.54 Å². The number of hydrogen-bond donors (Lipinski definition) is 2. The molecule has 5 heteroatoms. The van der Waals surface area contributed by atoms with Gasteiger partial charge in [-0.05, 0) is 49.7 Å². The van der Waals surface area contributed by atoms with Crippen LogP contribution in [0.25, 0.3) is 0 Å². The molecule has 0 aliphatic carbocycles. The van der Waals surface area contributed by atoms with Crippen LogP contribution >= 0.6 is 27.5 Å². The van der Waals surface area contributed by atoms with Gasteiger partial charge in [-0.1, -0.05) is 39.7 Å². The summed E-state index contributed by atoms with van der Waals surface area (Å²) in [5, 5.41) is 5.65. The molecular weight excluding hydrogens is 364 g/mol. The SMILES string of the molecule is Cc1cc(Br)ccc1NC(=O)C[NH2+][C@@H](C)c1cccc(Cl)c1. The Morgan fingerprint density at radius 1 is 1.32 bits per heavy atom. The first kappa shape index (κ1) is 17.0. The summed E-state index contributed by atoms with van der Waals surface area (Å²) in [5.74, 6) is -0.0145. The van der Waals surface area contributed by atoms with Gasteiger partial charge in [-0.15, -0.1) is 0 Å². The van der Waals surface area contributed by atoms with Gasteiger partial charge in [-0.2, -0.15) is 0 Å². The van der Waals surface area contributed by atoms with E-state index in [0.717, 1.165) is 21.3 Å². The third-order valence-corrected chi connectivity index (χ3v) is 4.22. The number of aryl methyl sites for hydroxylation is 1. The maximum atomic E-state index is 12.1. The predicted octanol–water partition coefficient (Wildman–Crippen LogP) is 3.67. The van der Waals surface area contributed by atoms with Crippen molar-refractivity contribution >= 4 is 39.1 Å². The Morgan fingerprint density at radius 2 is 2.09 bits per heavy atom. The standard InChI is InChI=1S/C17H18BrClN2O/c1-11-8-14(18)6-7-16(11)21-17(22)10-20-12(2)13-4-3-5-15(19)9-13/h3-9,12,20H,10H2,1-2H3,(H,21,22)/p+1/t12-/m0/s1. The molecule has 0 spiro atoms. The summed E-state index contributed by atoms with van der Waals surface area (Å²) in [7, 11) is 0. The fourth-order valence-electron chi connectivity index (χ4n) is 2.18. The van der Waals surface area contributed by atoms with E-state index in [2.05, 4.69) is 28.2 Å². The maximum Gasteiger partial charge on any atom is 0.279 e. The van der Waals surface area contributed by atoms with E-state index >= 15 is 0 Å². The molecule has 1 atom stereocenters. The van der Waals surface area contributed by atoms with E-state index in [1.165, 1.54) is 0 Å². The number of amides is 1. The van der Waals surface area contributed by atoms with Crippen LogP contribution in [0.5, 0.6) is 0 Å². The second kappa shape index (κ2) is 7.77. The number of nitrogens with one attached hydrogen (secondary N) is 1. The molecule has 0 saturated heterocycles. The minimum Gasteiger partial charge on any atom is -0.333 e. The van der Waals surface area contributed by atoms with Crippen molar-refractivity contribution < 1.29 is 10.1 Å². The van der Waals surface area contributed by atoms with Crippen molar-refractivity contribution in [2.75, 3.05) is 11.9 Å². The maximum absolute atomic E-state index is 12.1. The quantitative estimate of drug-likeness (QED) is 0.814. The fraction of sp³-hybridized carbons (Fsp3) is 0.235. The highest BCUT2D eigenvalue weighted by Gasteiger charge is 2.12. The molecule has 0 aliphatic rings. The van der Waals surface area contributed by atoms with Gasteiger partial charge in [0, 0.05) is 20.7 Å². The average Bonchev–Trinajstić information content (AvgIpc) is 2.47. The minimum absolute atomic E-state index is 0.0145. The molecule has 0 aliphatic heterocycles. The molecule has 0 saturated carbocycles. The number of quaternary nitrogens is 1. The molecule has 1 amide bonds. The number of rotatable bonds is 5. The highest BCUT2D eigenvalue weighted by Crippen LogP contribution is 2.19. The lowest BCUT2D eigenvalue weighted by atomic mass is 10.1. The summed E-state index contributed by atoms with van der Waals surface area (Å²) >= 11 is 9.41. The van der Waals surface area contributed by atoms with E-state index in [1.807, 2.05) is 54.7 Å². The van der Waals surface area contributed by atoms with Crippen molar-refractivity contribution in [2.24, 2.45) is 0 Å². The van der Waals surface area contributed by atoms with Crippen LogP contribution in [0.15, 0.2) is 46.9 Å². The van der Waals surface area contributed by atoms with Gasteiger partial charge >= 0.3 is 0 Å². The molecule has 0 aromatic heterocycles. The van der Waals surface area contributed by atoms with Gasteiger partial charge in [0.05, 0.1) is 0 Å². The van der Waals surface area contributed by atoms with E-state index in [0.29, 0.717) is 11.6 Å². The average molecular weight is 383 g/mol. The van der Waals surface area contributed by atoms with Crippen molar-refractivity contribution in [3.63, 3.8) is 0 Å². The van der Waals surface area contributed by atoms with Crippen molar-refractivity contribution in [1.82, 2.24) is 0 Å². The van der Waals surface area contributed by atoms with Crippen LogP contribution in [0.1, 0.15) is 24.1 Å². The monoisotopic (exact) mass is 381 g/mol. The Labute approximate surface area is 144 Å². The molecule has 3 N–H and O–H groups in total. The lowest BCUT2D eigenvalue weighted by molar-refractivity contribution is -0.682. The first-order valence-electron chi connectivity index (χ1n) is 7.10. The van der Waals surface area contributed by atoms with Crippen molar-refractivity contribution in [3.05, 3.63) is 63.1 Å². The van der Waals surface area contributed by atoms with E-state index in [9.17, 15) is 4.79 Å². The van der Waals surface area contributed by atoms with Crippen molar-refractivity contribution in [2.45, 2.75) is 19.9 Å². The molecular formula is C17H19BrClN2O+. The van der Waals surface area contributed by atoms with E-state index in [1.54, 1.807) is 0 Å². The Morgan fingerprint density at radius 3 is 2.77 bits per heavy atom. The third kappa shape index (κ3) is 4.83. The third-order valence-electron chi connectivity index (χ3n) is 3.49. The zero-order valence-electron chi connectivity index (χ0n) is 12.6. The summed E-state index contributed by atoms with van der Waals surface area (Å²) < 4.78 is 1.00. The van der Waals surface area contributed by atoms with Gasteiger partial charge in [0.2, 0.25) is 0 Å². The van der Waals surface area contributed by atoms with Crippen LogP contribution in [0.3, 0.4) is 0 Å². The molecule has 0 bridgehead atoms. The topological polar surface area (TPSA) is 45.7 Å². The summed E-state index contributed by atoms with van der Waals surface area (Å²) in [4.78, 5) is 12.1. The number of halogens is 2. The first-order chi connectivity index (χ1) is 10.5. The zero-order chi connectivity index (χ0) is 16.1. The normalized spacial score (nSPS) is 12.0. The molecule has 0 fully saturated rings. The second-order valence-electron chi connectivity index (χ2n) is 5.29. The molecule has 22 heavy (non-hydrogen) atoms.